The Morgan fingerprint density at radius 3 is 2.27 bits per heavy atom. The third-order valence-corrected chi connectivity index (χ3v) is 5.96. The quantitative estimate of drug-likeness (QED) is 0.678. The number of benzene rings is 2. The van der Waals surface area contributed by atoms with Crippen LogP contribution in [0.1, 0.15) is 21.6 Å². The standard InChI is InChI=1S/C24H25N5O/c30-23(29-13-11-19-6-4-5-7-20(19)18-29)22-10-12-25-24(26-22)28-16-14-27(15-17-28)21-8-2-1-3-9-21/h1-10,12H,11,13-18H2. The average molecular weight is 399 g/mol. The molecular weight excluding hydrogens is 374 g/mol. The van der Waals surface area contributed by atoms with Crippen LogP contribution in [0.4, 0.5) is 11.6 Å². The summed E-state index contributed by atoms with van der Waals surface area (Å²) in [7, 11) is 0. The monoisotopic (exact) mass is 399 g/mol. The number of rotatable bonds is 3. The van der Waals surface area contributed by atoms with Gasteiger partial charge in [0.05, 0.1) is 0 Å². The predicted molar refractivity (Wildman–Crippen MR) is 118 cm³/mol. The number of hydrogen-bond acceptors (Lipinski definition) is 5. The lowest BCUT2D eigenvalue weighted by molar-refractivity contribution is 0.0728. The van der Waals surface area contributed by atoms with Crippen molar-refractivity contribution in [3.63, 3.8) is 0 Å². The molecule has 0 N–H and O–H groups in total. The van der Waals surface area contributed by atoms with Crippen molar-refractivity contribution >= 4 is 17.5 Å². The molecule has 0 atom stereocenters. The van der Waals surface area contributed by atoms with Crippen LogP contribution in [0.5, 0.6) is 0 Å². The summed E-state index contributed by atoms with van der Waals surface area (Å²) in [6, 6.07) is 20.5. The molecule has 5 rings (SSSR count). The molecule has 0 radical (unpaired) electrons. The molecule has 2 aromatic carbocycles. The van der Waals surface area contributed by atoms with E-state index in [1.165, 1.54) is 16.8 Å². The smallest absolute Gasteiger partial charge is 0.272 e. The zero-order chi connectivity index (χ0) is 20.3. The Morgan fingerprint density at radius 1 is 0.767 bits per heavy atom. The lowest BCUT2D eigenvalue weighted by atomic mass is 10.00. The van der Waals surface area contributed by atoms with Gasteiger partial charge in [-0.3, -0.25) is 4.79 Å². The molecule has 6 heteroatoms. The second-order valence-corrected chi connectivity index (χ2v) is 7.80. The molecule has 1 fully saturated rings. The Kier molecular flexibility index (Phi) is 5.05. The third kappa shape index (κ3) is 3.73. The molecule has 3 aromatic rings. The van der Waals surface area contributed by atoms with Crippen molar-refractivity contribution in [2.24, 2.45) is 0 Å². The van der Waals surface area contributed by atoms with Crippen LogP contribution in [0.15, 0.2) is 66.9 Å². The minimum absolute atomic E-state index is 0.0175. The molecule has 152 valence electrons. The number of fused-ring (bicyclic) bond motifs is 1. The van der Waals surface area contributed by atoms with Crippen molar-refractivity contribution in [3.8, 4) is 0 Å². The molecule has 3 heterocycles. The highest BCUT2D eigenvalue weighted by molar-refractivity contribution is 5.92. The molecule has 1 saturated heterocycles. The first-order valence-electron chi connectivity index (χ1n) is 10.5. The van der Waals surface area contributed by atoms with Crippen LogP contribution in [0.3, 0.4) is 0 Å². The van der Waals surface area contributed by atoms with Gasteiger partial charge in [0.2, 0.25) is 5.95 Å². The van der Waals surface area contributed by atoms with Crippen LogP contribution >= 0.6 is 0 Å². The van der Waals surface area contributed by atoms with Gasteiger partial charge in [0.15, 0.2) is 0 Å². The maximum Gasteiger partial charge on any atom is 0.272 e. The van der Waals surface area contributed by atoms with E-state index < -0.39 is 0 Å². The van der Waals surface area contributed by atoms with Gasteiger partial charge < -0.3 is 14.7 Å². The van der Waals surface area contributed by atoms with E-state index in [2.05, 4.69) is 62.2 Å². The van der Waals surface area contributed by atoms with E-state index in [1.54, 1.807) is 12.3 Å². The molecule has 0 saturated carbocycles. The molecule has 6 nitrogen and oxygen atoms in total. The number of carbonyl (C=O) groups is 1. The maximum absolute atomic E-state index is 13.1. The minimum atomic E-state index is -0.0175. The Balaban J connectivity index is 1.26. The zero-order valence-corrected chi connectivity index (χ0v) is 16.9. The van der Waals surface area contributed by atoms with Crippen molar-refractivity contribution in [2.45, 2.75) is 13.0 Å². The highest BCUT2D eigenvalue weighted by Gasteiger charge is 2.24. The summed E-state index contributed by atoms with van der Waals surface area (Å²) in [5.41, 5.74) is 4.28. The molecule has 0 aliphatic carbocycles. The summed E-state index contributed by atoms with van der Waals surface area (Å²) in [6.45, 7) is 4.87. The highest BCUT2D eigenvalue weighted by atomic mass is 16.2. The van der Waals surface area contributed by atoms with E-state index in [-0.39, 0.29) is 5.91 Å². The van der Waals surface area contributed by atoms with Crippen molar-refractivity contribution in [1.29, 1.82) is 0 Å². The number of anilines is 2. The van der Waals surface area contributed by atoms with Crippen molar-refractivity contribution in [2.75, 3.05) is 42.5 Å². The number of piperazine rings is 1. The second kappa shape index (κ2) is 8.14. The third-order valence-electron chi connectivity index (χ3n) is 5.96. The minimum Gasteiger partial charge on any atom is -0.368 e. The van der Waals surface area contributed by atoms with Gasteiger partial charge in [0.1, 0.15) is 5.69 Å². The largest absolute Gasteiger partial charge is 0.368 e. The molecule has 30 heavy (non-hydrogen) atoms. The highest BCUT2D eigenvalue weighted by Crippen LogP contribution is 2.21. The number of aromatic nitrogens is 2. The van der Waals surface area contributed by atoms with Crippen molar-refractivity contribution in [3.05, 3.63) is 83.7 Å². The van der Waals surface area contributed by atoms with Crippen molar-refractivity contribution in [1.82, 2.24) is 14.9 Å². The van der Waals surface area contributed by atoms with Crippen LogP contribution in [0.2, 0.25) is 0 Å². The molecule has 1 aromatic heterocycles. The fourth-order valence-electron chi connectivity index (χ4n) is 4.25. The van der Waals surface area contributed by atoms with Crippen LogP contribution in [-0.2, 0) is 13.0 Å². The lowest BCUT2D eigenvalue weighted by Gasteiger charge is -2.36. The van der Waals surface area contributed by atoms with E-state index in [1.807, 2.05) is 17.0 Å². The zero-order valence-electron chi connectivity index (χ0n) is 16.9. The first-order chi connectivity index (χ1) is 14.8. The van der Waals surface area contributed by atoms with Crippen LogP contribution in [-0.4, -0.2) is 53.5 Å². The Hall–Kier alpha value is -3.41. The van der Waals surface area contributed by atoms with E-state index in [9.17, 15) is 4.79 Å². The lowest BCUT2D eigenvalue weighted by Crippen LogP contribution is -2.47. The summed E-state index contributed by atoms with van der Waals surface area (Å²) >= 11 is 0. The first-order valence-corrected chi connectivity index (χ1v) is 10.5. The van der Waals surface area contributed by atoms with Crippen LogP contribution in [0.25, 0.3) is 0 Å². The molecule has 0 spiro atoms. The summed E-state index contributed by atoms with van der Waals surface area (Å²) in [5.74, 6) is 0.627. The number of nitrogens with zero attached hydrogens (tertiary/aromatic N) is 5. The van der Waals surface area contributed by atoms with E-state index in [0.29, 0.717) is 18.2 Å². The fraction of sp³-hybridized carbons (Fsp3) is 0.292. The summed E-state index contributed by atoms with van der Waals surface area (Å²) in [5, 5.41) is 0. The average Bonchev–Trinajstić information content (AvgIpc) is 2.84. The van der Waals surface area contributed by atoms with Gasteiger partial charge in [-0.2, -0.15) is 0 Å². The van der Waals surface area contributed by atoms with Crippen molar-refractivity contribution < 1.29 is 4.79 Å². The van der Waals surface area contributed by atoms with Gasteiger partial charge in [0, 0.05) is 51.2 Å². The van der Waals surface area contributed by atoms with Crippen LogP contribution in [0, 0.1) is 0 Å². The summed E-state index contributed by atoms with van der Waals surface area (Å²) in [4.78, 5) is 28.6. The first kappa shape index (κ1) is 18.6. The number of para-hydroxylation sites is 1. The maximum atomic E-state index is 13.1. The topological polar surface area (TPSA) is 52.6 Å². The fourth-order valence-corrected chi connectivity index (χ4v) is 4.25. The van der Waals surface area contributed by atoms with Gasteiger partial charge in [-0.05, 0) is 35.7 Å². The molecule has 2 aliphatic rings. The van der Waals surface area contributed by atoms with Gasteiger partial charge in [-0.1, -0.05) is 42.5 Å². The Bertz CT molecular complexity index is 1030. The molecule has 0 unspecified atom stereocenters. The SMILES string of the molecule is O=C(c1ccnc(N2CCN(c3ccccc3)CC2)n1)N1CCc2ccccc2C1. The molecular formula is C24H25N5O. The van der Waals surface area contributed by atoms with E-state index in [0.717, 1.165) is 39.1 Å². The van der Waals surface area contributed by atoms with Gasteiger partial charge in [-0.15, -0.1) is 0 Å². The van der Waals surface area contributed by atoms with Gasteiger partial charge in [0.25, 0.3) is 5.91 Å². The Morgan fingerprint density at radius 2 is 1.47 bits per heavy atom. The normalized spacial score (nSPS) is 16.3. The number of carbonyl (C=O) groups excluding carboxylic acids is 1. The van der Waals surface area contributed by atoms with E-state index in [4.69, 9.17) is 0 Å². The Labute approximate surface area is 176 Å². The summed E-state index contributed by atoms with van der Waals surface area (Å²) < 4.78 is 0. The van der Waals surface area contributed by atoms with E-state index >= 15 is 0 Å². The van der Waals surface area contributed by atoms with Crippen LogP contribution < -0.4 is 9.80 Å². The molecule has 1 amide bonds. The second-order valence-electron chi connectivity index (χ2n) is 7.80. The molecule has 0 bridgehead atoms. The number of amides is 1. The molecule has 2 aliphatic heterocycles. The number of hydrogen-bond donors (Lipinski definition) is 0. The predicted octanol–water partition coefficient (Wildman–Crippen LogP) is 3.00. The van der Waals surface area contributed by atoms with Gasteiger partial charge in [-0.25, -0.2) is 9.97 Å². The summed E-state index contributed by atoms with van der Waals surface area (Å²) in [6.07, 6.45) is 2.60. The van der Waals surface area contributed by atoms with Gasteiger partial charge >= 0.3 is 0 Å².